The third-order valence-electron chi connectivity index (χ3n) is 4.53. The molecule has 1 saturated carbocycles. The van der Waals surface area contributed by atoms with Gasteiger partial charge in [0, 0.05) is 20.2 Å². The van der Waals surface area contributed by atoms with Gasteiger partial charge in [0.05, 0.1) is 5.60 Å². The van der Waals surface area contributed by atoms with Crippen molar-refractivity contribution >= 4 is 0 Å². The predicted molar refractivity (Wildman–Crippen MR) is 63.0 cm³/mol. The Labute approximate surface area is 93.8 Å². The second kappa shape index (κ2) is 4.84. The second-order valence-electron chi connectivity index (χ2n) is 5.49. The average molecular weight is 211 g/mol. The molecular formula is C13H25NO. The van der Waals surface area contributed by atoms with Crippen molar-refractivity contribution in [2.45, 2.75) is 51.0 Å². The van der Waals surface area contributed by atoms with E-state index in [4.69, 9.17) is 4.74 Å². The summed E-state index contributed by atoms with van der Waals surface area (Å²) in [7, 11) is 1.87. The molecule has 0 bridgehead atoms. The fraction of sp³-hybridized carbons (Fsp3) is 1.00. The molecule has 0 atom stereocenters. The van der Waals surface area contributed by atoms with Gasteiger partial charge < -0.3 is 10.1 Å². The lowest BCUT2D eigenvalue weighted by molar-refractivity contribution is -0.0715. The zero-order chi connectivity index (χ0) is 10.7. The first kappa shape index (κ1) is 11.4. The molecule has 2 fully saturated rings. The van der Waals surface area contributed by atoms with E-state index in [1.807, 2.05) is 7.11 Å². The van der Waals surface area contributed by atoms with Gasteiger partial charge in [0.1, 0.15) is 0 Å². The van der Waals surface area contributed by atoms with Gasteiger partial charge in [-0.05, 0) is 18.3 Å². The lowest BCUT2D eigenvalue weighted by atomic mass is 9.74. The minimum absolute atomic E-state index is 0.198. The summed E-state index contributed by atoms with van der Waals surface area (Å²) in [5.74, 6) is 1.94. The minimum Gasteiger partial charge on any atom is -0.376 e. The van der Waals surface area contributed by atoms with Crippen LogP contribution < -0.4 is 5.32 Å². The van der Waals surface area contributed by atoms with Crippen molar-refractivity contribution in [3.8, 4) is 0 Å². The zero-order valence-electron chi connectivity index (χ0n) is 10.2. The van der Waals surface area contributed by atoms with Gasteiger partial charge in [-0.3, -0.25) is 0 Å². The summed E-state index contributed by atoms with van der Waals surface area (Å²) in [4.78, 5) is 0. The van der Waals surface area contributed by atoms with E-state index in [9.17, 15) is 0 Å². The maximum atomic E-state index is 5.67. The van der Waals surface area contributed by atoms with Crippen LogP contribution in [0.15, 0.2) is 0 Å². The third-order valence-corrected chi connectivity index (χ3v) is 4.53. The first-order valence-corrected chi connectivity index (χ1v) is 6.54. The highest BCUT2D eigenvalue weighted by molar-refractivity contribution is 4.96. The standard InChI is InChI=1S/C13H25NO/c1-3-11-4-6-12(7-5-11)8-13(15-2)9-14-10-13/h11-12,14H,3-10H2,1-2H3. The normalized spacial score (nSPS) is 34.8. The molecule has 0 aromatic heterocycles. The first-order valence-electron chi connectivity index (χ1n) is 6.54. The van der Waals surface area contributed by atoms with E-state index in [1.54, 1.807) is 0 Å². The van der Waals surface area contributed by atoms with Crippen LogP contribution in [-0.4, -0.2) is 25.8 Å². The Bertz CT molecular complexity index is 187. The maximum Gasteiger partial charge on any atom is 0.0928 e. The predicted octanol–water partition coefficient (Wildman–Crippen LogP) is 2.58. The van der Waals surface area contributed by atoms with Gasteiger partial charge in [-0.1, -0.05) is 39.0 Å². The van der Waals surface area contributed by atoms with E-state index in [2.05, 4.69) is 12.2 Å². The average Bonchev–Trinajstić information content (AvgIpc) is 2.24. The van der Waals surface area contributed by atoms with E-state index < -0.39 is 0 Å². The van der Waals surface area contributed by atoms with Crippen molar-refractivity contribution in [2.75, 3.05) is 20.2 Å². The first-order chi connectivity index (χ1) is 7.28. The molecule has 0 aromatic rings. The van der Waals surface area contributed by atoms with Crippen molar-refractivity contribution in [2.24, 2.45) is 11.8 Å². The van der Waals surface area contributed by atoms with Crippen molar-refractivity contribution in [1.82, 2.24) is 5.32 Å². The van der Waals surface area contributed by atoms with Gasteiger partial charge >= 0.3 is 0 Å². The minimum atomic E-state index is 0.198. The maximum absolute atomic E-state index is 5.67. The number of hydrogen-bond acceptors (Lipinski definition) is 2. The Morgan fingerprint density at radius 1 is 1.13 bits per heavy atom. The molecule has 1 heterocycles. The fourth-order valence-corrected chi connectivity index (χ4v) is 3.15. The van der Waals surface area contributed by atoms with Crippen molar-refractivity contribution < 1.29 is 4.74 Å². The summed E-state index contributed by atoms with van der Waals surface area (Å²) >= 11 is 0. The summed E-state index contributed by atoms with van der Waals surface area (Å²) in [5.41, 5.74) is 0.198. The molecule has 0 radical (unpaired) electrons. The summed E-state index contributed by atoms with van der Waals surface area (Å²) in [6.07, 6.45) is 8.44. The van der Waals surface area contributed by atoms with Crippen LogP contribution in [0.2, 0.25) is 0 Å². The van der Waals surface area contributed by atoms with Crippen LogP contribution in [-0.2, 0) is 4.74 Å². The molecule has 0 unspecified atom stereocenters. The molecule has 1 N–H and O–H groups in total. The van der Waals surface area contributed by atoms with Gasteiger partial charge in [-0.25, -0.2) is 0 Å². The quantitative estimate of drug-likeness (QED) is 0.771. The van der Waals surface area contributed by atoms with E-state index in [0.29, 0.717) is 0 Å². The number of hydrogen-bond donors (Lipinski definition) is 1. The third kappa shape index (κ3) is 2.54. The highest BCUT2D eigenvalue weighted by Crippen LogP contribution is 2.36. The van der Waals surface area contributed by atoms with Crippen LogP contribution in [0.1, 0.15) is 45.4 Å². The van der Waals surface area contributed by atoms with Gasteiger partial charge in [-0.2, -0.15) is 0 Å². The molecule has 88 valence electrons. The van der Waals surface area contributed by atoms with Crippen molar-refractivity contribution in [3.63, 3.8) is 0 Å². The van der Waals surface area contributed by atoms with Gasteiger partial charge in [-0.15, -0.1) is 0 Å². The number of rotatable bonds is 4. The largest absolute Gasteiger partial charge is 0.376 e. The lowest BCUT2D eigenvalue weighted by Crippen LogP contribution is -2.61. The lowest BCUT2D eigenvalue weighted by Gasteiger charge is -2.44. The van der Waals surface area contributed by atoms with E-state index in [1.165, 1.54) is 38.5 Å². The molecule has 1 saturated heterocycles. The molecule has 2 rings (SSSR count). The Morgan fingerprint density at radius 2 is 1.73 bits per heavy atom. The van der Waals surface area contributed by atoms with Gasteiger partial charge in [0.15, 0.2) is 0 Å². The van der Waals surface area contributed by atoms with Gasteiger partial charge in [0.2, 0.25) is 0 Å². The highest BCUT2D eigenvalue weighted by atomic mass is 16.5. The molecule has 0 amide bonds. The summed E-state index contributed by atoms with van der Waals surface area (Å²) in [6.45, 7) is 4.46. The zero-order valence-corrected chi connectivity index (χ0v) is 10.2. The molecule has 2 aliphatic rings. The molecule has 1 aliphatic carbocycles. The Balaban J connectivity index is 1.76. The van der Waals surface area contributed by atoms with Crippen LogP contribution >= 0.6 is 0 Å². The summed E-state index contributed by atoms with van der Waals surface area (Å²) in [5, 5.41) is 3.34. The smallest absolute Gasteiger partial charge is 0.0928 e. The van der Waals surface area contributed by atoms with E-state index in [0.717, 1.165) is 24.9 Å². The monoisotopic (exact) mass is 211 g/mol. The van der Waals surface area contributed by atoms with Crippen molar-refractivity contribution in [3.05, 3.63) is 0 Å². The summed E-state index contributed by atoms with van der Waals surface area (Å²) < 4.78 is 5.67. The highest BCUT2D eigenvalue weighted by Gasteiger charge is 2.39. The van der Waals surface area contributed by atoms with Gasteiger partial charge in [0.25, 0.3) is 0 Å². The Kier molecular flexibility index (Phi) is 3.68. The number of nitrogens with one attached hydrogen (secondary N) is 1. The molecular weight excluding hydrogens is 186 g/mol. The van der Waals surface area contributed by atoms with Crippen LogP contribution in [0.3, 0.4) is 0 Å². The molecule has 0 aromatic carbocycles. The van der Waals surface area contributed by atoms with Crippen LogP contribution in [0.4, 0.5) is 0 Å². The van der Waals surface area contributed by atoms with Crippen molar-refractivity contribution in [1.29, 1.82) is 0 Å². The second-order valence-corrected chi connectivity index (χ2v) is 5.49. The molecule has 1 aliphatic heterocycles. The molecule has 0 spiro atoms. The topological polar surface area (TPSA) is 21.3 Å². The van der Waals surface area contributed by atoms with Crippen LogP contribution in [0, 0.1) is 11.8 Å². The van der Waals surface area contributed by atoms with Crippen LogP contribution in [0.25, 0.3) is 0 Å². The molecule has 2 heteroatoms. The molecule has 2 nitrogen and oxygen atoms in total. The number of methoxy groups -OCH3 is 1. The van der Waals surface area contributed by atoms with Crippen LogP contribution in [0.5, 0.6) is 0 Å². The van der Waals surface area contributed by atoms with E-state index in [-0.39, 0.29) is 5.60 Å². The fourth-order valence-electron chi connectivity index (χ4n) is 3.15. The number of ether oxygens (including phenoxy) is 1. The Morgan fingerprint density at radius 3 is 2.13 bits per heavy atom. The summed E-state index contributed by atoms with van der Waals surface area (Å²) in [6, 6.07) is 0. The van der Waals surface area contributed by atoms with E-state index >= 15 is 0 Å². The SMILES string of the molecule is CCC1CCC(CC2(OC)CNC2)CC1. The molecule has 15 heavy (non-hydrogen) atoms. The Hall–Kier alpha value is -0.0800.